The Balaban J connectivity index is 1.06. The van der Waals surface area contributed by atoms with Gasteiger partial charge in [-0.15, -0.1) is 0 Å². The number of β-lactam (4-membered cyclic amide) rings is 1. The van der Waals surface area contributed by atoms with E-state index in [0.29, 0.717) is 44.9 Å². The lowest BCUT2D eigenvalue weighted by molar-refractivity contribution is -0.167. The quantitative estimate of drug-likeness (QED) is 0.492. The van der Waals surface area contributed by atoms with Gasteiger partial charge in [-0.3, -0.25) is 9.59 Å². The van der Waals surface area contributed by atoms with E-state index in [0.717, 1.165) is 43.7 Å². The summed E-state index contributed by atoms with van der Waals surface area (Å²) in [7, 11) is 0. The molecule has 212 valence electrons. The van der Waals surface area contributed by atoms with Crippen molar-refractivity contribution < 1.29 is 24.3 Å². The first-order valence-electron chi connectivity index (χ1n) is 14.4. The first-order valence-corrected chi connectivity index (χ1v) is 14.4. The van der Waals surface area contributed by atoms with E-state index in [-0.39, 0.29) is 11.8 Å². The number of carboxylic acid groups (broad SMARTS) is 1. The van der Waals surface area contributed by atoms with Crippen LogP contribution < -0.4 is 5.32 Å². The van der Waals surface area contributed by atoms with Gasteiger partial charge in [0, 0.05) is 32.6 Å². The summed E-state index contributed by atoms with van der Waals surface area (Å²) in [5, 5.41) is 13.1. The van der Waals surface area contributed by atoms with E-state index in [1.807, 2.05) is 18.2 Å². The zero-order valence-electron chi connectivity index (χ0n) is 22.8. The fourth-order valence-corrected chi connectivity index (χ4v) is 6.15. The van der Waals surface area contributed by atoms with Crippen LogP contribution in [0.15, 0.2) is 54.6 Å². The number of piperazine rings is 1. The van der Waals surface area contributed by atoms with Crippen molar-refractivity contribution in [1.82, 2.24) is 20.0 Å². The summed E-state index contributed by atoms with van der Waals surface area (Å²) < 4.78 is 0. The van der Waals surface area contributed by atoms with Crippen LogP contribution >= 0.6 is 0 Å². The van der Waals surface area contributed by atoms with Crippen LogP contribution in [0.5, 0.6) is 0 Å². The standard InChI is InChI=1S/C31H38N4O5/c36-27(8-4-5-22-9-11-25(12-10-22)24-6-2-1-3-7-24)33-17-19-34(20-18-33)31(40)35-28(30(38)39)26(29(35)37)21-23-13-15-32-16-14-23/h1-3,6-7,9-12,23,26,28,32H,4-5,8,13-21H2,(H,38,39)/t26-,28+/m1/s1. The van der Waals surface area contributed by atoms with Gasteiger partial charge in [0.05, 0.1) is 5.92 Å². The molecule has 2 aromatic rings. The van der Waals surface area contributed by atoms with Gasteiger partial charge in [-0.2, -0.15) is 0 Å². The molecule has 2 atom stereocenters. The van der Waals surface area contributed by atoms with Crippen molar-refractivity contribution in [2.75, 3.05) is 39.3 Å². The zero-order chi connectivity index (χ0) is 28.1. The van der Waals surface area contributed by atoms with Crippen LogP contribution in [0, 0.1) is 11.8 Å². The number of likely N-dealkylation sites (tertiary alicyclic amines) is 1. The number of nitrogens with zero attached hydrogens (tertiary/aromatic N) is 3. The Kier molecular flexibility index (Phi) is 8.79. The zero-order valence-corrected chi connectivity index (χ0v) is 22.8. The number of aryl methyl sites for hydroxylation is 1. The highest BCUT2D eigenvalue weighted by Crippen LogP contribution is 2.35. The van der Waals surface area contributed by atoms with Gasteiger partial charge < -0.3 is 20.2 Å². The molecule has 40 heavy (non-hydrogen) atoms. The maximum atomic E-state index is 13.1. The molecule has 9 nitrogen and oxygen atoms in total. The topological polar surface area (TPSA) is 110 Å². The Hall–Kier alpha value is -3.72. The van der Waals surface area contributed by atoms with Gasteiger partial charge in [0.15, 0.2) is 6.04 Å². The maximum Gasteiger partial charge on any atom is 0.327 e. The van der Waals surface area contributed by atoms with Gasteiger partial charge in [0.1, 0.15) is 0 Å². The van der Waals surface area contributed by atoms with Crippen molar-refractivity contribution >= 4 is 23.8 Å². The highest BCUT2D eigenvalue weighted by Gasteiger charge is 2.56. The fraction of sp³-hybridized carbons (Fsp3) is 0.484. The normalized spacial score (nSPS) is 21.7. The van der Waals surface area contributed by atoms with Crippen molar-refractivity contribution in [2.45, 2.75) is 44.6 Å². The van der Waals surface area contributed by atoms with Crippen LogP contribution in [-0.4, -0.2) is 88.9 Å². The first-order chi connectivity index (χ1) is 19.4. The molecule has 0 aliphatic carbocycles. The molecule has 9 heteroatoms. The number of imide groups is 1. The average molecular weight is 547 g/mol. The fourth-order valence-electron chi connectivity index (χ4n) is 6.15. The van der Waals surface area contributed by atoms with E-state index >= 15 is 0 Å². The summed E-state index contributed by atoms with van der Waals surface area (Å²) >= 11 is 0. The highest BCUT2D eigenvalue weighted by atomic mass is 16.4. The summed E-state index contributed by atoms with van der Waals surface area (Å²) in [4.78, 5) is 55.0. The molecule has 0 saturated carbocycles. The lowest BCUT2D eigenvalue weighted by atomic mass is 9.78. The largest absolute Gasteiger partial charge is 0.480 e. The van der Waals surface area contributed by atoms with Gasteiger partial charge in [0.2, 0.25) is 11.8 Å². The van der Waals surface area contributed by atoms with Crippen molar-refractivity contribution in [3.05, 3.63) is 60.2 Å². The molecule has 3 fully saturated rings. The number of urea groups is 1. The number of carbonyl (C=O) groups is 4. The maximum absolute atomic E-state index is 13.1. The van der Waals surface area contributed by atoms with Crippen LogP contribution in [-0.2, 0) is 20.8 Å². The van der Waals surface area contributed by atoms with Gasteiger partial charge in [0.25, 0.3) is 0 Å². The molecule has 0 bridgehead atoms. The average Bonchev–Trinajstić information content (AvgIpc) is 2.99. The molecule has 0 spiro atoms. The molecule has 3 heterocycles. The van der Waals surface area contributed by atoms with Crippen LogP contribution in [0.3, 0.4) is 0 Å². The predicted octanol–water partition coefficient (Wildman–Crippen LogP) is 3.24. The molecule has 3 aliphatic rings. The number of aliphatic carboxylic acids is 1. The number of piperidine rings is 1. The van der Waals surface area contributed by atoms with E-state index in [1.165, 1.54) is 21.6 Å². The second-order valence-corrected chi connectivity index (χ2v) is 11.1. The smallest absolute Gasteiger partial charge is 0.327 e. The van der Waals surface area contributed by atoms with Crippen LogP contribution in [0.25, 0.3) is 11.1 Å². The van der Waals surface area contributed by atoms with Crippen LogP contribution in [0.2, 0.25) is 0 Å². The molecule has 3 aliphatic heterocycles. The van der Waals surface area contributed by atoms with Gasteiger partial charge in [-0.1, -0.05) is 54.6 Å². The van der Waals surface area contributed by atoms with Crippen molar-refractivity contribution in [3.63, 3.8) is 0 Å². The van der Waals surface area contributed by atoms with Crippen molar-refractivity contribution in [3.8, 4) is 11.1 Å². The molecule has 4 amide bonds. The summed E-state index contributed by atoms with van der Waals surface area (Å²) in [6, 6.07) is 17.0. The van der Waals surface area contributed by atoms with Gasteiger partial charge in [-0.25, -0.2) is 14.5 Å². The molecule has 0 aromatic heterocycles. The molecular formula is C31H38N4O5. The Labute approximate surface area is 235 Å². The Morgan fingerprint density at radius 2 is 1.48 bits per heavy atom. The number of hydrogen-bond donors (Lipinski definition) is 2. The number of hydrogen-bond acceptors (Lipinski definition) is 5. The highest BCUT2D eigenvalue weighted by molar-refractivity contribution is 6.07. The number of rotatable bonds is 8. The molecule has 0 unspecified atom stereocenters. The third kappa shape index (κ3) is 6.20. The molecule has 0 radical (unpaired) electrons. The minimum absolute atomic E-state index is 0.0541. The van der Waals surface area contributed by atoms with Crippen molar-refractivity contribution in [1.29, 1.82) is 0 Å². The number of amides is 4. The predicted molar refractivity (Wildman–Crippen MR) is 150 cm³/mol. The van der Waals surface area contributed by atoms with E-state index < -0.39 is 24.0 Å². The first kappa shape index (κ1) is 27.8. The minimum atomic E-state index is -1.13. The van der Waals surface area contributed by atoms with Crippen LogP contribution in [0.4, 0.5) is 4.79 Å². The monoisotopic (exact) mass is 546 g/mol. The van der Waals surface area contributed by atoms with E-state index in [9.17, 15) is 24.3 Å². The third-order valence-corrected chi connectivity index (χ3v) is 8.54. The number of nitrogens with one attached hydrogen (secondary N) is 1. The molecule has 2 aromatic carbocycles. The number of carboxylic acids is 1. The van der Waals surface area contributed by atoms with E-state index in [1.54, 1.807) is 4.90 Å². The molecular weight excluding hydrogens is 508 g/mol. The summed E-state index contributed by atoms with van der Waals surface area (Å²) in [5.41, 5.74) is 3.53. The van der Waals surface area contributed by atoms with Gasteiger partial charge >= 0.3 is 12.0 Å². The summed E-state index contributed by atoms with van der Waals surface area (Å²) in [5.74, 6) is -1.79. The second kappa shape index (κ2) is 12.6. The van der Waals surface area contributed by atoms with E-state index in [2.05, 4.69) is 41.7 Å². The van der Waals surface area contributed by atoms with Gasteiger partial charge in [-0.05, 0) is 67.8 Å². The number of benzene rings is 2. The second-order valence-electron chi connectivity index (χ2n) is 11.1. The van der Waals surface area contributed by atoms with Crippen LogP contribution in [0.1, 0.15) is 37.7 Å². The lowest BCUT2D eigenvalue weighted by Crippen LogP contribution is -2.69. The minimum Gasteiger partial charge on any atom is -0.480 e. The molecule has 2 N–H and O–H groups in total. The molecule has 5 rings (SSSR count). The summed E-state index contributed by atoms with van der Waals surface area (Å²) in [6.45, 7) is 3.10. The SMILES string of the molecule is O=C(O)[C@@H]1[C@@H](CC2CCNCC2)C(=O)N1C(=O)N1CCN(C(=O)CCCc2ccc(-c3ccccc3)cc2)CC1. The lowest BCUT2D eigenvalue weighted by Gasteiger charge is -2.47. The summed E-state index contributed by atoms with van der Waals surface area (Å²) in [6.07, 6.45) is 4.33. The molecule has 3 saturated heterocycles. The Morgan fingerprint density at radius 1 is 0.850 bits per heavy atom. The van der Waals surface area contributed by atoms with Crippen molar-refractivity contribution in [2.24, 2.45) is 11.8 Å². The number of carbonyl (C=O) groups excluding carboxylic acids is 3. The van der Waals surface area contributed by atoms with E-state index in [4.69, 9.17) is 0 Å². The third-order valence-electron chi connectivity index (χ3n) is 8.54. The Bertz CT molecular complexity index is 1200. The Morgan fingerprint density at radius 3 is 2.12 bits per heavy atom.